The van der Waals surface area contributed by atoms with E-state index in [0.29, 0.717) is 29.0 Å². The second-order valence-electron chi connectivity index (χ2n) is 4.54. The molecule has 102 valence electrons. The van der Waals surface area contributed by atoms with Gasteiger partial charge < -0.3 is 9.73 Å². The Morgan fingerprint density at radius 3 is 2.95 bits per heavy atom. The molecule has 6 nitrogen and oxygen atoms in total. The second-order valence-corrected chi connectivity index (χ2v) is 5.60. The van der Waals surface area contributed by atoms with E-state index in [1.165, 1.54) is 6.07 Å². The third-order valence-corrected chi connectivity index (χ3v) is 3.45. The van der Waals surface area contributed by atoms with E-state index >= 15 is 0 Å². The van der Waals surface area contributed by atoms with Gasteiger partial charge in [0.1, 0.15) is 0 Å². The van der Waals surface area contributed by atoms with Crippen molar-refractivity contribution in [2.24, 2.45) is 5.92 Å². The highest BCUT2D eigenvalue weighted by Gasteiger charge is 2.14. The molecule has 0 unspecified atom stereocenters. The van der Waals surface area contributed by atoms with Crippen molar-refractivity contribution in [2.45, 2.75) is 20.4 Å². The first-order valence-electron chi connectivity index (χ1n) is 5.96. The van der Waals surface area contributed by atoms with Gasteiger partial charge >= 0.3 is 5.00 Å². The Morgan fingerprint density at radius 1 is 1.53 bits per heavy atom. The van der Waals surface area contributed by atoms with Crippen LogP contribution < -0.4 is 5.32 Å². The molecule has 0 spiro atoms. The second kappa shape index (κ2) is 5.94. The Kier molecular flexibility index (Phi) is 4.28. The van der Waals surface area contributed by atoms with Gasteiger partial charge in [0.15, 0.2) is 5.76 Å². The first-order valence-corrected chi connectivity index (χ1v) is 6.78. The summed E-state index contributed by atoms with van der Waals surface area (Å²) in [7, 11) is 0. The van der Waals surface area contributed by atoms with E-state index in [9.17, 15) is 10.1 Å². The zero-order valence-electron chi connectivity index (χ0n) is 10.8. The summed E-state index contributed by atoms with van der Waals surface area (Å²) in [5, 5.41) is 13.9. The monoisotopic (exact) mass is 281 g/mol. The van der Waals surface area contributed by atoms with Crippen LogP contribution in [0.1, 0.15) is 19.7 Å². The van der Waals surface area contributed by atoms with Crippen LogP contribution in [-0.2, 0) is 6.54 Å². The SMILES string of the molecule is CC(C)CNCc1ncc(-c2ccc([N+](=O)[O-])s2)o1. The summed E-state index contributed by atoms with van der Waals surface area (Å²) >= 11 is 1.08. The van der Waals surface area contributed by atoms with Crippen LogP contribution in [0.25, 0.3) is 10.6 Å². The highest BCUT2D eigenvalue weighted by molar-refractivity contribution is 7.18. The van der Waals surface area contributed by atoms with Gasteiger partial charge in [-0.15, -0.1) is 0 Å². The van der Waals surface area contributed by atoms with Gasteiger partial charge in [0, 0.05) is 6.07 Å². The molecule has 7 heteroatoms. The number of nitrogens with one attached hydrogen (secondary N) is 1. The van der Waals surface area contributed by atoms with E-state index in [-0.39, 0.29) is 5.00 Å². The van der Waals surface area contributed by atoms with Crippen molar-refractivity contribution in [1.29, 1.82) is 0 Å². The lowest BCUT2D eigenvalue weighted by Gasteiger charge is -2.03. The van der Waals surface area contributed by atoms with Gasteiger partial charge in [-0.1, -0.05) is 25.2 Å². The molecule has 0 fully saturated rings. The Hall–Kier alpha value is -1.73. The van der Waals surface area contributed by atoms with Crippen molar-refractivity contribution in [3.8, 4) is 10.6 Å². The van der Waals surface area contributed by atoms with Crippen molar-refractivity contribution in [2.75, 3.05) is 6.54 Å². The minimum absolute atomic E-state index is 0.103. The van der Waals surface area contributed by atoms with E-state index < -0.39 is 4.92 Å². The standard InChI is InChI=1S/C12H15N3O3S/c1-8(2)5-13-7-11-14-6-9(18-11)10-3-4-12(19-10)15(16)17/h3-4,6,8,13H,5,7H2,1-2H3. The van der Waals surface area contributed by atoms with Crippen LogP contribution in [0, 0.1) is 16.0 Å². The molecule has 2 aromatic heterocycles. The van der Waals surface area contributed by atoms with E-state index in [1.807, 2.05) is 0 Å². The third-order valence-electron chi connectivity index (χ3n) is 2.40. The molecule has 0 amide bonds. The largest absolute Gasteiger partial charge is 0.438 e. The summed E-state index contributed by atoms with van der Waals surface area (Å²) in [6.45, 7) is 5.70. The predicted molar refractivity (Wildman–Crippen MR) is 73.0 cm³/mol. The van der Waals surface area contributed by atoms with Crippen LogP contribution in [0.2, 0.25) is 0 Å². The average Bonchev–Trinajstić information content (AvgIpc) is 2.95. The topological polar surface area (TPSA) is 81.2 Å². The Balaban J connectivity index is 2.01. The summed E-state index contributed by atoms with van der Waals surface area (Å²) in [5.74, 6) is 1.72. The van der Waals surface area contributed by atoms with E-state index in [4.69, 9.17) is 4.42 Å². The normalized spacial score (nSPS) is 11.1. The molecule has 2 aromatic rings. The Morgan fingerprint density at radius 2 is 2.32 bits per heavy atom. The summed E-state index contributed by atoms with van der Waals surface area (Å²) in [4.78, 5) is 15.1. The lowest BCUT2D eigenvalue weighted by molar-refractivity contribution is -0.380. The van der Waals surface area contributed by atoms with E-state index in [2.05, 4.69) is 24.1 Å². The summed E-state index contributed by atoms with van der Waals surface area (Å²) in [6.07, 6.45) is 1.60. The summed E-state index contributed by atoms with van der Waals surface area (Å²) in [5.41, 5.74) is 0. The number of nitro groups is 1. The maximum Gasteiger partial charge on any atom is 0.324 e. The Labute approximate surface area is 114 Å². The van der Waals surface area contributed by atoms with Gasteiger partial charge in [0.05, 0.1) is 22.5 Å². The molecule has 0 bridgehead atoms. The number of rotatable bonds is 6. The van der Waals surface area contributed by atoms with Gasteiger partial charge in [-0.2, -0.15) is 0 Å². The molecule has 0 aliphatic rings. The third kappa shape index (κ3) is 3.62. The molecule has 0 radical (unpaired) electrons. The molecular formula is C12H15N3O3S. The molecule has 0 aliphatic carbocycles. The zero-order chi connectivity index (χ0) is 13.8. The quantitative estimate of drug-likeness (QED) is 0.650. The van der Waals surface area contributed by atoms with Crippen LogP contribution in [0.4, 0.5) is 5.00 Å². The number of nitrogens with zero attached hydrogens (tertiary/aromatic N) is 2. The molecule has 19 heavy (non-hydrogen) atoms. The Bertz CT molecular complexity index is 562. The maximum atomic E-state index is 10.6. The lowest BCUT2D eigenvalue weighted by Crippen LogP contribution is -2.18. The van der Waals surface area contributed by atoms with Crippen molar-refractivity contribution in [1.82, 2.24) is 10.3 Å². The smallest absolute Gasteiger partial charge is 0.324 e. The van der Waals surface area contributed by atoms with Gasteiger partial charge in [-0.05, 0) is 18.5 Å². The highest BCUT2D eigenvalue weighted by atomic mass is 32.1. The number of thiophene rings is 1. The van der Waals surface area contributed by atoms with Crippen LogP contribution in [0.5, 0.6) is 0 Å². The maximum absolute atomic E-state index is 10.6. The van der Waals surface area contributed by atoms with Gasteiger partial charge in [-0.25, -0.2) is 4.98 Å². The first-order chi connectivity index (χ1) is 9.06. The zero-order valence-corrected chi connectivity index (χ0v) is 11.6. The summed E-state index contributed by atoms with van der Waals surface area (Å²) in [6, 6.07) is 3.15. The lowest BCUT2D eigenvalue weighted by atomic mass is 10.2. The number of hydrogen-bond acceptors (Lipinski definition) is 6. The predicted octanol–water partition coefficient (Wildman–Crippen LogP) is 3.06. The molecule has 2 rings (SSSR count). The van der Waals surface area contributed by atoms with E-state index in [0.717, 1.165) is 17.9 Å². The van der Waals surface area contributed by atoms with Crippen LogP contribution in [0.3, 0.4) is 0 Å². The average molecular weight is 281 g/mol. The van der Waals surface area contributed by atoms with Crippen LogP contribution in [-0.4, -0.2) is 16.5 Å². The molecule has 0 aromatic carbocycles. The van der Waals surface area contributed by atoms with Crippen molar-refractivity contribution < 1.29 is 9.34 Å². The minimum atomic E-state index is -0.407. The molecule has 1 N–H and O–H groups in total. The summed E-state index contributed by atoms with van der Waals surface area (Å²) < 4.78 is 5.56. The molecular weight excluding hydrogens is 266 g/mol. The van der Waals surface area contributed by atoms with Crippen molar-refractivity contribution >= 4 is 16.3 Å². The molecule has 2 heterocycles. The number of aromatic nitrogens is 1. The highest BCUT2D eigenvalue weighted by Crippen LogP contribution is 2.32. The number of oxazole rings is 1. The molecule has 0 saturated carbocycles. The van der Waals surface area contributed by atoms with Crippen molar-refractivity contribution in [3.05, 3.63) is 34.3 Å². The fraction of sp³-hybridized carbons (Fsp3) is 0.417. The minimum Gasteiger partial charge on any atom is -0.438 e. The number of hydrogen-bond donors (Lipinski definition) is 1. The fourth-order valence-corrected chi connectivity index (χ4v) is 2.30. The fourth-order valence-electron chi connectivity index (χ4n) is 1.53. The van der Waals surface area contributed by atoms with Crippen LogP contribution >= 0.6 is 11.3 Å². The van der Waals surface area contributed by atoms with E-state index in [1.54, 1.807) is 12.3 Å². The van der Waals surface area contributed by atoms with Gasteiger partial charge in [0.2, 0.25) is 5.89 Å². The first kappa shape index (κ1) is 13.7. The van der Waals surface area contributed by atoms with Crippen molar-refractivity contribution in [3.63, 3.8) is 0 Å². The molecule has 0 atom stereocenters. The van der Waals surface area contributed by atoms with Gasteiger partial charge in [0.25, 0.3) is 0 Å². The van der Waals surface area contributed by atoms with Crippen LogP contribution in [0.15, 0.2) is 22.7 Å². The van der Waals surface area contributed by atoms with Gasteiger partial charge in [-0.3, -0.25) is 10.1 Å². The molecule has 0 aliphatic heterocycles. The molecule has 0 saturated heterocycles.